The summed E-state index contributed by atoms with van der Waals surface area (Å²) in [5.74, 6) is 1.29. The fourth-order valence-corrected chi connectivity index (χ4v) is 3.53. The van der Waals surface area contributed by atoms with E-state index in [9.17, 15) is 4.79 Å². The second-order valence-corrected chi connectivity index (χ2v) is 6.65. The Morgan fingerprint density at radius 3 is 3.10 bits per heavy atom. The lowest BCUT2D eigenvalue weighted by Crippen LogP contribution is -2.30. The Hall–Kier alpha value is -1.82. The van der Waals surface area contributed by atoms with E-state index in [-0.39, 0.29) is 11.5 Å². The van der Waals surface area contributed by atoms with E-state index in [1.165, 1.54) is 9.75 Å². The Bertz CT molecular complexity index is 676. The average molecular weight is 290 g/mol. The molecule has 0 bridgehead atoms. The molecule has 6 heteroatoms. The molecule has 0 unspecified atom stereocenters. The highest BCUT2D eigenvalue weighted by molar-refractivity contribution is 7.11. The minimum atomic E-state index is -0.114. The number of fused-ring (bicyclic) bond motifs is 1. The van der Waals surface area contributed by atoms with Crippen LogP contribution in [0, 0.1) is 12.8 Å². The summed E-state index contributed by atoms with van der Waals surface area (Å²) >= 11 is 1.85. The van der Waals surface area contributed by atoms with Gasteiger partial charge in [-0.25, -0.2) is 0 Å². The number of H-pyrrole nitrogens is 1. The zero-order valence-electron chi connectivity index (χ0n) is 11.4. The Labute approximate surface area is 121 Å². The fraction of sp³-hybridized carbons (Fsp3) is 0.429. The molecule has 3 rings (SSSR count). The molecule has 0 saturated carbocycles. The number of thiophene rings is 1. The van der Waals surface area contributed by atoms with Crippen LogP contribution in [-0.4, -0.2) is 16.5 Å². The van der Waals surface area contributed by atoms with E-state index in [1.54, 1.807) is 0 Å². The molecule has 2 aromatic heterocycles. The maximum absolute atomic E-state index is 11.9. The van der Waals surface area contributed by atoms with Crippen molar-refractivity contribution in [3.8, 4) is 0 Å². The highest BCUT2D eigenvalue weighted by Crippen LogP contribution is 2.25. The third-order valence-electron chi connectivity index (χ3n) is 3.68. The van der Waals surface area contributed by atoms with Gasteiger partial charge in [-0.3, -0.25) is 9.78 Å². The molecule has 1 atom stereocenters. The highest BCUT2D eigenvalue weighted by Gasteiger charge is 2.22. The first kappa shape index (κ1) is 13.2. The van der Waals surface area contributed by atoms with Crippen LogP contribution in [0.2, 0.25) is 0 Å². The minimum Gasteiger partial charge on any atom is -0.369 e. The maximum Gasteiger partial charge on any atom is 0.257 e. The number of aromatic nitrogens is 2. The number of aromatic amines is 1. The van der Waals surface area contributed by atoms with Crippen molar-refractivity contribution in [2.75, 3.05) is 17.6 Å². The number of aryl methyl sites for hydroxylation is 2. The van der Waals surface area contributed by atoms with Crippen LogP contribution in [0.25, 0.3) is 0 Å². The van der Waals surface area contributed by atoms with Crippen LogP contribution in [0.3, 0.4) is 0 Å². The van der Waals surface area contributed by atoms with Crippen molar-refractivity contribution in [1.82, 2.24) is 9.97 Å². The Balaban J connectivity index is 1.68. The molecule has 106 valence electrons. The van der Waals surface area contributed by atoms with Crippen molar-refractivity contribution in [2.24, 2.45) is 5.92 Å². The normalized spacial score (nSPS) is 17.6. The molecule has 0 fully saturated rings. The fourth-order valence-electron chi connectivity index (χ4n) is 2.62. The molecule has 2 aromatic rings. The first-order chi connectivity index (χ1) is 9.61. The van der Waals surface area contributed by atoms with Gasteiger partial charge in [-0.05, 0) is 44.2 Å². The summed E-state index contributed by atoms with van der Waals surface area (Å²) in [6.45, 7) is 2.98. The van der Waals surface area contributed by atoms with Gasteiger partial charge in [0.25, 0.3) is 5.56 Å². The molecule has 0 spiro atoms. The Morgan fingerprint density at radius 1 is 1.50 bits per heavy atom. The Morgan fingerprint density at radius 2 is 2.35 bits per heavy atom. The summed E-state index contributed by atoms with van der Waals surface area (Å²) < 4.78 is 0. The molecule has 4 N–H and O–H groups in total. The summed E-state index contributed by atoms with van der Waals surface area (Å²) in [4.78, 5) is 21.4. The quantitative estimate of drug-likeness (QED) is 0.806. The summed E-state index contributed by atoms with van der Waals surface area (Å²) in [6, 6.07) is 4.35. The summed E-state index contributed by atoms with van der Waals surface area (Å²) in [7, 11) is 0. The molecule has 3 heterocycles. The van der Waals surface area contributed by atoms with Crippen molar-refractivity contribution >= 4 is 23.1 Å². The SMILES string of the molecule is Cc1ccc(CC[C@H]2CNc3nc(N)[nH]c(=O)c3C2)s1. The van der Waals surface area contributed by atoms with Gasteiger partial charge in [0.1, 0.15) is 5.82 Å². The first-order valence-electron chi connectivity index (χ1n) is 6.79. The van der Waals surface area contributed by atoms with Crippen molar-refractivity contribution < 1.29 is 0 Å². The van der Waals surface area contributed by atoms with E-state index in [1.807, 2.05) is 11.3 Å². The van der Waals surface area contributed by atoms with Crippen molar-refractivity contribution in [3.05, 3.63) is 37.8 Å². The molecule has 1 aliphatic heterocycles. The molecule has 1 aliphatic rings. The van der Waals surface area contributed by atoms with E-state index in [0.29, 0.717) is 11.7 Å². The van der Waals surface area contributed by atoms with Gasteiger partial charge in [0.2, 0.25) is 5.95 Å². The maximum atomic E-state index is 11.9. The monoisotopic (exact) mass is 290 g/mol. The van der Waals surface area contributed by atoms with Crippen molar-refractivity contribution in [2.45, 2.75) is 26.2 Å². The van der Waals surface area contributed by atoms with Gasteiger partial charge in [-0.15, -0.1) is 11.3 Å². The topological polar surface area (TPSA) is 83.8 Å². The predicted octanol–water partition coefficient (Wildman–Crippen LogP) is 1.94. The number of anilines is 2. The van der Waals surface area contributed by atoms with E-state index >= 15 is 0 Å². The van der Waals surface area contributed by atoms with Crippen LogP contribution in [0.4, 0.5) is 11.8 Å². The van der Waals surface area contributed by atoms with Crippen LogP contribution >= 0.6 is 11.3 Å². The highest BCUT2D eigenvalue weighted by atomic mass is 32.1. The van der Waals surface area contributed by atoms with Gasteiger partial charge < -0.3 is 11.1 Å². The summed E-state index contributed by atoms with van der Waals surface area (Å²) in [5.41, 5.74) is 6.17. The summed E-state index contributed by atoms with van der Waals surface area (Å²) in [5, 5.41) is 3.23. The van der Waals surface area contributed by atoms with Gasteiger partial charge in [-0.1, -0.05) is 0 Å². The second kappa shape index (κ2) is 5.28. The van der Waals surface area contributed by atoms with Crippen LogP contribution in [0.15, 0.2) is 16.9 Å². The molecule has 0 amide bonds. The predicted molar refractivity (Wildman–Crippen MR) is 82.3 cm³/mol. The number of hydrogen-bond acceptors (Lipinski definition) is 5. The largest absolute Gasteiger partial charge is 0.369 e. The number of hydrogen-bond donors (Lipinski definition) is 3. The average Bonchev–Trinajstić information content (AvgIpc) is 2.82. The number of nitrogens with one attached hydrogen (secondary N) is 2. The lowest BCUT2D eigenvalue weighted by Gasteiger charge is -2.24. The molecular formula is C14H18N4OS. The van der Waals surface area contributed by atoms with Crippen LogP contribution in [0.5, 0.6) is 0 Å². The molecule has 0 aromatic carbocycles. The third-order valence-corrected chi connectivity index (χ3v) is 4.74. The minimum absolute atomic E-state index is 0.114. The molecule has 0 saturated heterocycles. The molecule has 0 radical (unpaired) electrons. The van der Waals surface area contributed by atoms with Gasteiger partial charge in [-0.2, -0.15) is 4.98 Å². The first-order valence-corrected chi connectivity index (χ1v) is 7.61. The lowest BCUT2D eigenvalue weighted by molar-refractivity contribution is 0.493. The molecule has 5 nitrogen and oxygen atoms in total. The van der Waals surface area contributed by atoms with Crippen molar-refractivity contribution in [1.29, 1.82) is 0 Å². The third kappa shape index (κ3) is 2.70. The van der Waals surface area contributed by atoms with Crippen LogP contribution in [-0.2, 0) is 12.8 Å². The van der Waals surface area contributed by atoms with Gasteiger partial charge in [0.05, 0.1) is 5.56 Å². The van der Waals surface area contributed by atoms with Crippen LogP contribution in [0.1, 0.15) is 21.7 Å². The van der Waals surface area contributed by atoms with E-state index in [0.717, 1.165) is 31.4 Å². The molecule has 20 heavy (non-hydrogen) atoms. The standard InChI is InChI=1S/C14H18N4OS/c1-8-2-4-10(20-8)5-3-9-6-11-12(16-7-9)17-14(15)18-13(11)19/h2,4,9H,3,5-7H2,1H3,(H4,15,16,17,18,19)/t9-/m1/s1. The van der Waals surface area contributed by atoms with E-state index in [2.05, 4.69) is 34.3 Å². The van der Waals surface area contributed by atoms with E-state index < -0.39 is 0 Å². The van der Waals surface area contributed by atoms with Gasteiger partial charge in [0.15, 0.2) is 0 Å². The van der Waals surface area contributed by atoms with Gasteiger partial charge >= 0.3 is 0 Å². The summed E-state index contributed by atoms with van der Waals surface area (Å²) in [6.07, 6.45) is 2.92. The number of nitrogens with zero attached hydrogens (tertiary/aromatic N) is 1. The van der Waals surface area contributed by atoms with Crippen molar-refractivity contribution in [3.63, 3.8) is 0 Å². The lowest BCUT2D eigenvalue weighted by atomic mass is 9.92. The number of nitrogen functional groups attached to an aromatic ring is 1. The van der Waals surface area contributed by atoms with Crippen LogP contribution < -0.4 is 16.6 Å². The number of nitrogens with two attached hydrogens (primary N) is 1. The Kier molecular flexibility index (Phi) is 3.48. The molecule has 0 aliphatic carbocycles. The smallest absolute Gasteiger partial charge is 0.257 e. The second-order valence-electron chi connectivity index (χ2n) is 5.28. The van der Waals surface area contributed by atoms with Gasteiger partial charge in [0, 0.05) is 16.3 Å². The van der Waals surface area contributed by atoms with E-state index in [4.69, 9.17) is 5.73 Å². The molecular weight excluding hydrogens is 272 g/mol. The number of rotatable bonds is 3. The zero-order chi connectivity index (χ0) is 14.1. The zero-order valence-corrected chi connectivity index (χ0v) is 12.2.